The van der Waals surface area contributed by atoms with E-state index >= 15 is 0 Å². The average Bonchev–Trinajstić information content (AvgIpc) is 2.75. The largest absolute Gasteiger partial charge is 0.328 e. The van der Waals surface area contributed by atoms with Crippen molar-refractivity contribution in [2.75, 3.05) is 32.7 Å². The SMILES string of the molecule is CC(N)C1CCN(CC2CCNC2)C1.Cl. The first-order chi connectivity index (χ1) is 6.75. The van der Waals surface area contributed by atoms with Gasteiger partial charge in [-0.25, -0.2) is 0 Å². The summed E-state index contributed by atoms with van der Waals surface area (Å²) in [7, 11) is 0. The predicted octanol–water partition coefficient (Wildman–Crippen LogP) is 0.687. The fourth-order valence-electron chi connectivity index (χ4n) is 2.69. The lowest BCUT2D eigenvalue weighted by atomic mass is 10.0. The second-order valence-corrected chi connectivity index (χ2v) is 5.03. The van der Waals surface area contributed by atoms with Crippen LogP contribution in [0.4, 0.5) is 0 Å². The van der Waals surface area contributed by atoms with E-state index in [0.29, 0.717) is 6.04 Å². The first-order valence-electron chi connectivity index (χ1n) is 5.94. The van der Waals surface area contributed by atoms with E-state index in [1.807, 2.05) is 0 Å². The number of rotatable bonds is 3. The maximum absolute atomic E-state index is 5.93. The lowest BCUT2D eigenvalue weighted by Gasteiger charge is -2.20. The van der Waals surface area contributed by atoms with Gasteiger partial charge in [0.2, 0.25) is 0 Å². The number of nitrogens with zero attached hydrogens (tertiary/aromatic N) is 1. The molecule has 15 heavy (non-hydrogen) atoms. The molecule has 0 aromatic heterocycles. The van der Waals surface area contributed by atoms with E-state index in [0.717, 1.165) is 11.8 Å². The minimum Gasteiger partial charge on any atom is -0.328 e. The zero-order valence-electron chi connectivity index (χ0n) is 9.61. The van der Waals surface area contributed by atoms with Gasteiger partial charge in [0.1, 0.15) is 0 Å². The Kier molecular flexibility index (Phi) is 5.33. The topological polar surface area (TPSA) is 41.3 Å². The Morgan fingerprint density at radius 2 is 2.27 bits per heavy atom. The van der Waals surface area contributed by atoms with Gasteiger partial charge in [-0.1, -0.05) is 0 Å². The summed E-state index contributed by atoms with van der Waals surface area (Å²) in [6.07, 6.45) is 2.66. The molecule has 3 unspecified atom stereocenters. The van der Waals surface area contributed by atoms with Crippen molar-refractivity contribution in [2.24, 2.45) is 17.6 Å². The molecule has 0 spiro atoms. The van der Waals surface area contributed by atoms with Crippen molar-refractivity contribution in [3.63, 3.8) is 0 Å². The van der Waals surface area contributed by atoms with Gasteiger partial charge in [0.05, 0.1) is 0 Å². The van der Waals surface area contributed by atoms with E-state index < -0.39 is 0 Å². The number of hydrogen-bond acceptors (Lipinski definition) is 3. The van der Waals surface area contributed by atoms with Crippen molar-refractivity contribution in [3.05, 3.63) is 0 Å². The fraction of sp³-hybridized carbons (Fsp3) is 1.00. The molecule has 0 amide bonds. The van der Waals surface area contributed by atoms with Gasteiger partial charge in [-0.3, -0.25) is 0 Å². The minimum absolute atomic E-state index is 0. The molecule has 2 fully saturated rings. The summed E-state index contributed by atoms with van der Waals surface area (Å²) >= 11 is 0. The van der Waals surface area contributed by atoms with Crippen molar-refractivity contribution < 1.29 is 0 Å². The Morgan fingerprint density at radius 3 is 2.80 bits per heavy atom. The van der Waals surface area contributed by atoms with Crippen LogP contribution in [0, 0.1) is 11.8 Å². The summed E-state index contributed by atoms with van der Waals surface area (Å²) in [4.78, 5) is 2.60. The molecule has 2 heterocycles. The maximum atomic E-state index is 5.93. The quantitative estimate of drug-likeness (QED) is 0.754. The van der Waals surface area contributed by atoms with Crippen LogP contribution in [0.2, 0.25) is 0 Å². The molecule has 3 nitrogen and oxygen atoms in total. The van der Waals surface area contributed by atoms with Crippen molar-refractivity contribution in [1.82, 2.24) is 10.2 Å². The van der Waals surface area contributed by atoms with Gasteiger partial charge < -0.3 is 16.0 Å². The van der Waals surface area contributed by atoms with E-state index in [2.05, 4.69) is 17.1 Å². The normalized spacial score (nSPS) is 34.0. The Morgan fingerprint density at radius 1 is 1.47 bits per heavy atom. The standard InChI is InChI=1S/C11H23N3.ClH/c1-9(12)11-3-5-14(8-11)7-10-2-4-13-6-10;/h9-11,13H,2-8,12H2,1H3;1H. The molecule has 2 aliphatic rings. The van der Waals surface area contributed by atoms with E-state index in [4.69, 9.17) is 5.73 Å². The summed E-state index contributed by atoms with van der Waals surface area (Å²) in [5.41, 5.74) is 5.93. The van der Waals surface area contributed by atoms with Crippen molar-refractivity contribution in [2.45, 2.75) is 25.8 Å². The minimum atomic E-state index is 0. The number of nitrogens with two attached hydrogens (primary N) is 1. The first-order valence-corrected chi connectivity index (χ1v) is 5.94. The van der Waals surface area contributed by atoms with Gasteiger partial charge in [0, 0.05) is 19.1 Å². The van der Waals surface area contributed by atoms with Gasteiger partial charge in [-0.2, -0.15) is 0 Å². The smallest absolute Gasteiger partial charge is 0.00514 e. The monoisotopic (exact) mass is 233 g/mol. The molecule has 0 bridgehead atoms. The van der Waals surface area contributed by atoms with Gasteiger partial charge in [0.15, 0.2) is 0 Å². The van der Waals surface area contributed by atoms with Crippen LogP contribution in [0.5, 0.6) is 0 Å². The van der Waals surface area contributed by atoms with Crippen LogP contribution in [-0.4, -0.2) is 43.7 Å². The third kappa shape index (κ3) is 3.59. The van der Waals surface area contributed by atoms with Gasteiger partial charge in [-0.15, -0.1) is 12.4 Å². The van der Waals surface area contributed by atoms with E-state index in [1.165, 1.54) is 45.6 Å². The molecule has 2 saturated heterocycles. The van der Waals surface area contributed by atoms with E-state index in [-0.39, 0.29) is 12.4 Å². The molecule has 3 atom stereocenters. The predicted molar refractivity (Wildman–Crippen MR) is 66.4 cm³/mol. The lowest BCUT2D eigenvalue weighted by Crippen LogP contribution is -2.32. The highest BCUT2D eigenvalue weighted by molar-refractivity contribution is 5.85. The van der Waals surface area contributed by atoms with Crippen LogP contribution in [0.15, 0.2) is 0 Å². The number of halogens is 1. The van der Waals surface area contributed by atoms with Crippen molar-refractivity contribution in [3.8, 4) is 0 Å². The third-order valence-electron chi connectivity index (χ3n) is 3.73. The molecule has 2 rings (SSSR count). The van der Waals surface area contributed by atoms with Crippen LogP contribution >= 0.6 is 12.4 Å². The first kappa shape index (κ1) is 13.2. The zero-order chi connectivity index (χ0) is 9.97. The number of likely N-dealkylation sites (tertiary alicyclic amines) is 1. The van der Waals surface area contributed by atoms with Gasteiger partial charge in [0.25, 0.3) is 0 Å². The molecule has 0 aromatic rings. The van der Waals surface area contributed by atoms with Gasteiger partial charge in [-0.05, 0) is 51.2 Å². The van der Waals surface area contributed by atoms with Gasteiger partial charge >= 0.3 is 0 Å². The second-order valence-electron chi connectivity index (χ2n) is 5.03. The molecule has 0 aromatic carbocycles. The molecular weight excluding hydrogens is 210 g/mol. The number of hydrogen-bond donors (Lipinski definition) is 2. The summed E-state index contributed by atoms with van der Waals surface area (Å²) in [6, 6.07) is 0.377. The maximum Gasteiger partial charge on any atom is 0.00514 e. The molecular formula is C11H24ClN3. The van der Waals surface area contributed by atoms with Crippen molar-refractivity contribution in [1.29, 1.82) is 0 Å². The molecule has 4 heteroatoms. The lowest BCUT2D eigenvalue weighted by molar-refractivity contribution is 0.272. The second kappa shape index (κ2) is 6.04. The fourth-order valence-corrected chi connectivity index (χ4v) is 2.69. The number of nitrogens with one attached hydrogen (secondary N) is 1. The highest BCUT2D eigenvalue weighted by Gasteiger charge is 2.27. The molecule has 3 N–H and O–H groups in total. The zero-order valence-corrected chi connectivity index (χ0v) is 10.4. The molecule has 90 valence electrons. The van der Waals surface area contributed by atoms with Crippen molar-refractivity contribution >= 4 is 12.4 Å². The van der Waals surface area contributed by atoms with Crippen LogP contribution in [-0.2, 0) is 0 Å². The highest BCUT2D eigenvalue weighted by atomic mass is 35.5. The molecule has 2 aliphatic heterocycles. The highest BCUT2D eigenvalue weighted by Crippen LogP contribution is 2.21. The Bertz CT molecular complexity index is 181. The molecule has 0 saturated carbocycles. The van der Waals surface area contributed by atoms with Crippen LogP contribution in [0.3, 0.4) is 0 Å². The van der Waals surface area contributed by atoms with Crippen LogP contribution in [0.25, 0.3) is 0 Å². The average molecular weight is 234 g/mol. The Labute approximate surface area is 99.2 Å². The van der Waals surface area contributed by atoms with Crippen LogP contribution in [0.1, 0.15) is 19.8 Å². The van der Waals surface area contributed by atoms with E-state index in [9.17, 15) is 0 Å². The Hall–Kier alpha value is 0.170. The summed E-state index contributed by atoms with van der Waals surface area (Å²) < 4.78 is 0. The summed E-state index contributed by atoms with van der Waals surface area (Å²) in [5, 5.41) is 3.43. The van der Waals surface area contributed by atoms with Crippen LogP contribution < -0.4 is 11.1 Å². The van der Waals surface area contributed by atoms with E-state index in [1.54, 1.807) is 0 Å². The molecule has 0 aliphatic carbocycles. The Balaban J connectivity index is 0.00000112. The summed E-state index contributed by atoms with van der Waals surface area (Å²) in [6.45, 7) is 8.37. The third-order valence-corrected chi connectivity index (χ3v) is 3.73. The summed E-state index contributed by atoms with van der Waals surface area (Å²) in [5.74, 6) is 1.63. The molecule has 0 radical (unpaired) electrons.